The molecule has 3 aromatic rings. The quantitative estimate of drug-likeness (QED) is 0.586. The molecule has 0 spiro atoms. The van der Waals surface area contributed by atoms with E-state index in [4.69, 9.17) is 9.47 Å². The number of fused-ring (bicyclic) bond motifs is 1. The number of aromatic nitrogens is 2. The molecule has 1 fully saturated rings. The van der Waals surface area contributed by atoms with Crippen LogP contribution in [0.25, 0.3) is 5.65 Å². The lowest BCUT2D eigenvalue weighted by Gasteiger charge is -2.31. The Balaban J connectivity index is 1.31. The zero-order chi connectivity index (χ0) is 20.9. The third-order valence-corrected chi connectivity index (χ3v) is 5.30. The van der Waals surface area contributed by atoms with Gasteiger partial charge < -0.3 is 18.8 Å². The van der Waals surface area contributed by atoms with E-state index in [0.29, 0.717) is 50.5 Å². The van der Waals surface area contributed by atoms with Gasteiger partial charge in [-0.2, -0.15) is 0 Å². The summed E-state index contributed by atoms with van der Waals surface area (Å²) in [6.07, 6.45) is 5.17. The molecule has 1 saturated heterocycles. The number of rotatable bonds is 6. The highest BCUT2D eigenvalue weighted by Gasteiger charge is 2.28. The Labute approximate surface area is 175 Å². The van der Waals surface area contributed by atoms with Gasteiger partial charge in [0.15, 0.2) is 0 Å². The number of nitrogens with zero attached hydrogens (tertiary/aromatic N) is 3. The first-order valence-electron chi connectivity index (χ1n) is 10.3. The van der Waals surface area contributed by atoms with Crippen LogP contribution in [0.2, 0.25) is 0 Å². The average molecular weight is 407 g/mol. The molecule has 156 valence electrons. The van der Waals surface area contributed by atoms with Crippen molar-refractivity contribution in [3.05, 3.63) is 66.1 Å². The van der Waals surface area contributed by atoms with E-state index in [0.717, 1.165) is 11.3 Å². The summed E-state index contributed by atoms with van der Waals surface area (Å²) in [6.45, 7) is 3.68. The van der Waals surface area contributed by atoms with E-state index < -0.39 is 0 Å². The summed E-state index contributed by atoms with van der Waals surface area (Å²) in [7, 11) is 0. The van der Waals surface area contributed by atoms with Crippen LogP contribution in [-0.4, -0.2) is 45.9 Å². The Bertz CT molecular complexity index is 987. The number of imidazole rings is 1. The number of ether oxygens (including phenoxy) is 2. The van der Waals surface area contributed by atoms with E-state index >= 15 is 0 Å². The van der Waals surface area contributed by atoms with Crippen LogP contribution in [0.1, 0.15) is 35.8 Å². The molecule has 7 nitrogen and oxygen atoms in total. The highest BCUT2D eigenvalue weighted by Crippen LogP contribution is 2.21. The van der Waals surface area contributed by atoms with Crippen LogP contribution in [0.15, 0.2) is 54.9 Å². The van der Waals surface area contributed by atoms with Gasteiger partial charge in [0.05, 0.1) is 18.2 Å². The second-order valence-corrected chi connectivity index (χ2v) is 7.33. The minimum Gasteiger partial charge on any atom is -0.487 e. The van der Waals surface area contributed by atoms with Crippen molar-refractivity contribution < 1.29 is 19.1 Å². The van der Waals surface area contributed by atoms with Gasteiger partial charge in [-0.15, -0.1) is 0 Å². The van der Waals surface area contributed by atoms with Crippen LogP contribution in [0.3, 0.4) is 0 Å². The smallest absolute Gasteiger partial charge is 0.309 e. The summed E-state index contributed by atoms with van der Waals surface area (Å²) in [5.74, 6) is 0.398. The lowest BCUT2D eigenvalue weighted by Crippen LogP contribution is -2.40. The average Bonchev–Trinajstić information content (AvgIpc) is 3.21. The van der Waals surface area contributed by atoms with Gasteiger partial charge in [0.2, 0.25) is 0 Å². The fourth-order valence-electron chi connectivity index (χ4n) is 3.67. The van der Waals surface area contributed by atoms with E-state index in [1.807, 2.05) is 35.0 Å². The standard InChI is InChI=1S/C23H25N3O4/c1-2-29-23(28)18-10-13-25(14-11-18)22(27)17-6-8-20(9-7-17)30-16-19-15-26-12-4-3-5-21(26)24-19/h3-9,12,15,18H,2,10-11,13-14,16H2,1H3. The fraction of sp³-hybridized carbons (Fsp3) is 0.348. The molecule has 1 aliphatic rings. The number of esters is 1. The van der Waals surface area contributed by atoms with Gasteiger partial charge in [-0.3, -0.25) is 9.59 Å². The molecule has 0 bridgehead atoms. The molecule has 3 heterocycles. The number of carbonyl (C=O) groups is 2. The summed E-state index contributed by atoms with van der Waals surface area (Å²) in [5.41, 5.74) is 2.33. The lowest BCUT2D eigenvalue weighted by molar-refractivity contribution is -0.149. The zero-order valence-corrected chi connectivity index (χ0v) is 17.0. The molecule has 0 N–H and O–H groups in total. The van der Waals surface area contributed by atoms with E-state index in [-0.39, 0.29) is 17.8 Å². The molecule has 1 amide bonds. The number of amides is 1. The second kappa shape index (κ2) is 8.98. The third-order valence-electron chi connectivity index (χ3n) is 5.30. The predicted molar refractivity (Wildman–Crippen MR) is 111 cm³/mol. The molecule has 0 saturated carbocycles. The van der Waals surface area contributed by atoms with Gasteiger partial charge in [-0.05, 0) is 56.2 Å². The summed E-state index contributed by atoms with van der Waals surface area (Å²) in [6, 6.07) is 13.0. The Hall–Kier alpha value is -3.35. The van der Waals surface area contributed by atoms with Gasteiger partial charge in [0, 0.05) is 31.0 Å². The molecule has 2 aromatic heterocycles. The van der Waals surface area contributed by atoms with Crippen molar-refractivity contribution in [2.24, 2.45) is 5.92 Å². The molecule has 0 atom stereocenters. The normalized spacial score (nSPS) is 14.6. The van der Waals surface area contributed by atoms with Crippen molar-refractivity contribution in [3.63, 3.8) is 0 Å². The maximum atomic E-state index is 12.7. The number of hydrogen-bond acceptors (Lipinski definition) is 5. The first kappa shape index (κ1) is 19.9. The lowest BCUT2D eigenvalue weighted by atomic mass is 9.96. The minimum atomic E-state index is -0.156. The molecule has 7 heteroatoms. The molecular formula is C23H25N3O4. The number of pyridine rings is 1. The molecular weight excluding hydrogens is 382 g/mol. The van der Waals surface area contributed by atoms with Crippen LogP contribution in [-0.2, 0) is 16.1 Å². The van der Waals surface area contributed by atoms with E-state index in [1.165, 1.54) is 0 Å². The molecule has 4 rings (SSSR count). The highest BCUT2D eigenvalue weighted by atomic mass is 16.5. The maximum absolute atomic E-state index is 12.7. The van der Waals surface area contributed by atoms with Crippen molar-refractivity contribution in [2.75, 3.05) is 19.7 Å². The summed E-state index contributed by atoms with van der Waals surface area (Å²) in [4.78, 5) is 30.9. The monoisotopic (exact) mass is 407 g/mol. The number of carbonyl (C=O) groups excluding carboxylic acids is 2. The zero-order valence-electron chi connectivity index (χ0n) is 17.0. The summed E-state index contributed by atoms with van der Waals surface area (Å²) < 4.78 is 12.8. The van der Waals surface area contributed by atoms with Crippen LogP contribution in [0.5, 0.6) is 5.75 Å². The van der Waals surface area contributed by atoms with Gasteiger partial charge >= 0.3 is 5.97 Å². The summed E-state index contributed by atoms with van der Waals surface area (Å²) >= 11 is 0. The largest absolute Gasteiger partial charge is 0.487 e. The Morgan fingerprint density at radius 1 is 1.10 bits per heavy atom. The number of hydrogen-bond donors (Lipinski definition) is 0. The Kier molecular flexibility index (Phi) is 5.97. The van der Waals surface area contributed by atoms with Crippen LogP contribution >= 0.6 is 0 Å². The molecule has 0 radical (unpaired) electrons. The Morgan fingerprint density at radius 3 is 2.57 bits per heavy atom. The van der Waals surface area contributed by atoms with Gasteiger partial charge in [0.1, 0.15) is 18.0 Å². The van der Waals surface area contributed by atoms with E-state index in [2.05, 4.69) is 4.98 Å². The molecule has 0 aliphatic carbocycles. The topological polar surface area (TPSA) is 73.1 Å². The first-order valence-corrected chi connectivity index (χ1v) is 10.3. The van der Waals surface area contributed by atoms with Crippen molar-refractivity contribution in [2.45, 2.75) is 26.4 Å². The molecule has 1 aromatic carbocycles. The van der Waals surface area contributed by atoms with Gasteiger partial charge in [-0.1, -0.05) is 6.07 Å². The highest BCUT2D eigenvalue weighted by molar-refractivity contribution is 5.94. The maximum Gasteiger partial charge on any atom is 0.309 e. The number of benzene rings is 1. The van der Waals surface area contributed by atoms with Crippen molar-refractivity contribution >= 4 is 17.5 Å². The third kappa shape index (κ3) is 4.45. The minimum absolute atomic E-state index is 0.0239. The van der Waals surface area contributed by atoms with Crippen LogP contribution in [0, 0.1) is 5.92 Å². The van der Waals surface area contributed by atoms with Crippen LogP contribution < -0.4 is 4.74 Å². The Morgan fingerprint density at radius 2 is 1.87 bits per heavy atom. The molecule has 0 unspecified atom stereocenters. The number of likely N-dealkylation sites (tertiary alicyclic amines) is 1. The van der Waals surface area contributed by atoms with Gasteiger partial charge in [-0.25, -0.2) is 4.98 Å². The van der Waals surface area contributed by atoms with Crippen LogP contribution in [0.4, 0.5) is 0 Å². The van der Waals surface area contributed by atoms with E-state index in [1.54, 1.807) is 36.1 Å². The molecule has 30 heavy (non-hydrogen) atoms. The predicted octanol–water partition coefficient (Wildman–Crippen LogP) is 3.33. The van der Waals surface area contributed by atoms with Crippen molar-refractivity contribution in [1.82, 2.24) is 14.3 Å². The summed E-state index contributed by atoms with van der Waals surface area (Å²) in [5, 5.41) is 0. The SMILES string of the molecule is CCOC(=O)C1CCN(C(=O)c2ccc(OCc3cn4ccccc4n3)cc2)CC1. The fourth-order valence-corrected chi connectivity index (χ4v) is 3.67. The molecule has 1 aliphatic heterocycles. The number of piperidine rings is 1. The first-order chi connectivity index (χ1) is 14.6. The van der Waals surface area contributed by atoms with E-state index in [9.17, 15) is 9.59 Å². The van der Waals surface area contributed by atoms with Gasteiger partial charge in [0.25, 0.3) is 5.91 Å². The van der Waals surface area contributed by atoms with Crippen molar-refractivity contribution in [3.8, 4) is 5.75 Å². The second-order valence-electron chi connectivity index (χ2n) is 7.33. The van der Waals surface area contributed by atoms with Crippen molar-refractivity contribution in [1.29, 1.82) is 0 Å².